The maximum Gasteiger partial charge on any atom is 0.0387 e. The van der Waals surface area contributed by atoms with E-state index in [-0.39, 0.29) is 0 Å². The van der Waals surface area contributed by atoms with Crippen molar-refractivity contribution in [3.05, 3.63) is 29.8 Å². The summed E-state index contributed by atoms with van der Waals surface area (Å²) in [6.45, 7) is 11.3. The fraction of sp³-hybridized carbons (Fsp3) is 0.625. The Bertz CT molecular complexity index is 386. The Labute approximate surface area is 111 Å². The molecular formula is C16H26N2. The topological polar surface area (TPSA) is 15.3 Å². The first kappa shape index (κ1) is 13.4. The highest BCUT2D eigenvalue weighted by molar-refractivity contribution is 5.50. The second-order valence-corrected chi connectivity index (χ2v) is 6.08. The van der Waals surface area contributed by atoms with E-state index in [4.69, 9.17) is 0 Å². The number of nitrogens with one attached hydrogen (secondary N) is 1. The molecule has 0 aliphatic carbocycles. The maximum atomic E-state index is 3.67. The molecule has 0 spiro atoms. The first-order valence-electron chi connectivity index (χ1n) is 7.13. The summed E-state index contributed by atoms with van der Waals surface area (Å²) >= 11 is 0. The third-order valence-electron chi connectivity index (χ3n) is 3.74. The zero-order valence-electron chi connectivity index (χ0n) is 12.1. The van der Waals surface area contributed by atoms with Crippen LogP contribution in [0.25, 0.3) is 0 Å². The highest BCUT2D eigenvalue weighted by Crippen LogP contribution is 2.22. The van der Waals surface area contributed by atoms with Crippen LogP contribution in [0.5, 0.6) is 0 Å². The van der Waals surface area contributed by atoms with Gasteiger partial charge in [0, 0.05) is 30.9 Å². The minimum atomic E-state index is 0.579. The predicted octanol–water partition coefficient (Wildman–Crippen LogP) is 3.21. The van der Waals surface area contributed by atoms with Crippen molar-refractivity contribution in [2.75, 3.05) is 18.0 Å². The van der Waals surface area contributed by atoms with E-state index in [9.17, 15) is 0 Å². The second kappa shape index (κ2) is 5.75. The lowest BCUT2D eigenvalue weighted by Gasteiger charge is -2.41. The van der Waals surface area contributed by atoms with E-state index in [0.29, 0.717) is 12.1 Å². The van der Waals surface area contributed by atoms with Crippen LogP contribution in [0.4, 0.5) is 5.69 Å². The molecule has 2 heteroatoms. The molecule has 1 aromatic rings. The van der Waals surface area contributed by atoms with Crippen LogP contribution in [0, 0.1) is 12.8 Å². The minimum Gasteiger partial charge on any atom is -0.366 e. The van der Waals surface area contributed by atoms with Gasteiger partial charge in [0.05, 0.1) is 0 Å². The van der Waals surface area contributed by atoms with E-state index in [2.05, 4.69) is 62.2 Å². The van der Waals surface area contributed by atoms with Gasteiger partial charge < -0.3 is 10.2 Å². The molecule has 1 N–H and O–H groups in total. The zero-order chi connectivity index (χ0) is 13.1. The van der Waals surface area contributed by atoms with Crippen molar-refractivity contribution in [2.24, 2.45) is 5.92 Å². The molecule has 1 aromatic carbocycles. The molecule has 1 saturated heterocycles. The first-order valence-corrected chi connectivity index (χ1v) is 7.13. The number of piperazine rings is 1. The summed E-state index contributed by atoms with van der Waals surface area (Å²) in [6.07, 6.45) is 1.26. The van der Waals surface area contributed by atoms with Gasteiger partial charge in [0.25, 0.3) is 0 Å². The third kappa shape index (κ3) is 3.26. The summed E-state index contributed by atoms with van der Waals surface area (Å²) in [4.78, 5) is 2.55. The molecule has 18 heavy (non-hydrogen) atoms. The largest absolute Gasteiger partial charge is 0.366 e. The van der Waals surface area contributed by atoms with E-state index < -0.39 is 0 Å². The molecule has 1 aliphatic heterocycles. The number of anilines is 1. The van der Waals surface area contributed by atoms with Gasteiger partial charge in [-0.25, -0.2) is 0 Å². The van der Waals surface area contributed by atoms with Gasteiger partial charge in [0.2, 0.25) is 0 Å². The van der Waals surface area contributed by atoms with Crippen molar-refractivity contribution in [3.8, 4) is 0 Å². The highest BCUT2D eigenvalue weighted by Gasteiger charge is 2.25. The van der Waals surface area contributed by atoms with Gasteiger partial charge in [-0.3, -0.25) is 0 Å². The molecule has 1 fully saturated rings. The van der Waals surface area contributed by atoms with E-state index >= 15 is 0 Å². The lowest BCUT2D eigenvalue weighted by molar-refractivity contribution is 0.356. The lowest BCUT2D eigenvalue weighted by Crippen LogP contribution is -2.56. The summed E-state index contributed by atoms with van der Waals surface area (Å²) < 4.78 is 0. The Morgan fingerprint density at radius 3 is 2.83 bits per heavy atom. The summed E-state index contributed by atoms with van der Waals surface area (Å²) in [5.74, 6) is 0.760. The van der Waals surface area contributed by atoms with Crippen LogP contribution >= 0.6 is 0 Å². The van der Waals surface area contributed by atoms with Crippen LogP contribution in [0.2, 0.25) is 0 Å². The Kier molecular flexibility index (Phi) is 4.28. The molecule has 0 saturated carbocycles. The van der Waals surface area contributed by atoms with Crippen molar-refractivity contribution in [2.45, 2.75) is 46.2 Å². The monoisotopic (exact) mass is 246 g/mol. The summed E-state index contributed by atoms with van der Waals surface area (Å²) in [5, 5.41) is 3.67. The first-order chi connectivity index (χ1) is 8.56. The molecule has 0 radical (unpaired) electrons. The number of nitrogens with zero attached hydrogens (tertiary/aromatic N) is 1. The molecule has 1 aliphatic rings. The molecule has 2 rings (SSSR count). The van der Waals surface area contributed by atoms with E-state index in [1.165, 1.54) is 17.7 Å². The molecule has 1 heterocycles. The van der Waals surface area contributed by atoms with Crippen LogP contribution in [0.15, 0.2) is 24.3 Å². The summed E-state index contributed by atoms with van der Waals surface area (Å²) in [7, 11) is 0. The highest BCUT2D eigenvalue weighted by atomic mass is 15.2. The number of benzene rings is 1. The SMILES string of the molecule is Cc1cccc(N2CC(CC(C)C)NCC2C)c1. The van der Waals surface area contributed by atoms with Crippen molar-refractivity contribution in [1.29, 1.82) is 0 Å². The Morgan fingerprint density at radius 2 is 2.17 bits per heavy atom. The number of aryl methyl sites for hydroxylation is 1. The molecule has 0 aromatic heterocycles. The maximum absolute atomic E-state index is 3.67. The normalized spacial score (nSPS) is 24.6. The average molecular weight is 246 g/mol. The van der Waals surface area contributed by atoms with E-state index in [1.54, 1.807) is 0 Å². The predicted molar refractivity (Wildman–Crippen MR) is 79.2 cm³/mol. The van der Waals surface area contributed by atoms with Gasteiger partial charge in [-0.15, -0.1) is 0 Å². The van der Waals surface area contributed by atoms with Gasteiger partial charge in [0.15, 0.2) is 0 Å². The average Bonchev–Trinajstić information content (AvgIpc) is 2.31. The van der Waals surface area contributed by atoms with E-state index in [0.717, 1.165) is 19.0 Å². The van der Waals surface area contributed by atoms with Crippen LogP contribution in [0.1, 0.15) is 32.8 Å². The summed E-state index contributed by atoms with van der Waals surface area (Å²) in [5.41, 5.74) is 2.72. The standard InChI is InChI=1S/C16H26N2/c1-12(2)8-15-11-18(14(4)10-17-15)16-7-5-6-13(3)9-16/h5-7,9,12,14-15,17H,8,10-11H2,1-4H3. The summed E-state index contributed by atoms with van der Waals surface area (Å²) in [6, 6.07) is 10.1. The van der Waals surface area contributed by atoms with Gasteiger partial charge in [0.1, 0.15) is 0 Å². The smallest absolute Gasteiger partial charge is 0.0387 e. The fourth-order valence-corrected chi connectivity index (χ4v) is 2.82. The zero-order valence-corrected chi connectivity index (χ0v) is 12.1. The fourth-order valence-electron chi connectivity index (χ4n) is 2.82. The molecule has 0 amide bonds. The van der Waals surface area contributed by atoms with Gasteiger partial charge in [-0.2, -0.15) is 0 Å². The molecule has 2 unspecified atom stereocenters. The van der Waals surface area contributed by atoms with Crippen LogP contribution in [0.3, 0.4) is 0 Å². The van der Waals surface area contributed by atoms with Crippen molar-refractivity contribution >= 4 is 5.69 Å². The minimum absolute atomic E-state index is 0.579. The van der Waals surface area contributed by atoms with Crippen LogP contribution in [-0.2, 0) is 0 Å². The van der Waals surface area contributed by atoms with Crippen molar-refractivity contribution in [3.63, 3.8) is 0 Å². The number of hydrogen-bond acceptors (Lipinski definition) is 2. The van der Waals surface area contributed by atoms with Gasteiger partial charge >= 0.3 is 0 Å². The Hall–Kier alpha value is -1.02. The van der Waals surface area contributed by atoms with Crippen molar-refractivity contribution < 1.29 is 0 Å². The molecule has 100 valence electrons. The number of rotatable bonds is 3. The second-order valence-electron chi connectivity index (χ2n) is 6.08. The van der Waals surface area contributed by atoms with Crippen LogP contribution < -0.4 is 10.2 Å². The Morgan fingerprint density at radius 1 is 1.39 bits per heavy atom. The van der Waals surface area contributed by atoms with Crippen molar-refractivity contribution in [1.82, 2.24) is 5.32 Å². The molecule has 2 nitrogen and oxygen atoms in total. The Balaban J connectivity index is 2.10. The molecule has 0 bridgehead atoms. The molecule has 2 atom stereocenters. The van der Waals surface area contributed by atoms with E-state index in [1.807, 2.05) is 0 Å². The van der Waals surface area contributed by atoms with Gasteiger partial charge in [-0.1, -0.05) is 26.0 Å². The quantitative estimate of drug-likeness (QED) is 0.881. The molecular weight excluding hydrogens is 220 g/mol. The third-order valence-corrected chi connectivity index (χ3v) is 3.74. The lowest BCUT2D eigenvalue weighted by atomic mass is 9.99. The van der Waals surface area contributed by atoms with Crippen LogP contribution in [-0.4, -0.2) is 25.2 Å². The number of hydrogen-bond donors (Lipinski definition) is 1. The van der Waals surface area contributed by atoms with Gasteiger partial charge in [-0.05, 0) is 43.9 Å².